The number of carbonyl (C=O) groups excluding carboxylic acids is 1. The predicted octanol–water partition coefficient (Wildman–Crippen LogP) is 2.30. The van der Waals surface area contributed by atoms with Gasteiger partial charge in [0, 0.05) is 24.5 Å². The molecule has 5 nitrogen and oxygen atoms in total. The lowest BCUT2D eigenvalue weighted by Gasteiger charge is -2.11. The second-order valence-corrected chi connectivity index (χ2v) is 3.95. The third-order valence-electron chi connectivity index (χ3n) is 2.82. The molecule has 0 N–H and O–H groups in total. The highest BCUT2D eigenvalue weighted by Crippen LogP contribution is 2.28. The number of methoxy groups -OCH3 is 1. The first kappa shape index (κ1) is 13.1. The first-order valence-electron chi connectivity index (χ1n) is 6.04. The summed E-state index contributed by atoms with van der Waals surface area (Å²) in [5.74, 6) is 1.99. The minimum Gasteiger partial charge on any atom is -0.493 e. The van der Waals surface area contributed by atoms with Gasteiger partial charge in [-0.3, -0.25) is 4.79 Å². The molecule has 100 valence electrons. The van der Waals surface area contributed by atoms with Crippen LogP contribution in [0.2, 0.25) is 0 Å². The molecule has 0 atom stereocenters. The molecule has 0 saturated heterocycles. The molecular formula is C14H16N2O3. The number of hydrogen-bond acceptors (Lipinski definition) is 4. The zero-order chi connectivity index (χ0) is 13.7. The van der Waals surface area contributed by atoms with Crippen molar-refractivity contribution in [2.45, 2.75) is 20.1 Å². The largest absolute Gasteiger partial charge is 0.493 e. The SMILES string of the molecule is CCn1ccnc1COc1ccc(C=O)cc1OC. The van der Waals surface area contributed by atoms with Crippen molar-refractivity contribution in [2.24, 2.45) is 0 Å². The van der Waals surface area contributed by atoms with Crippen LogP contribution in [-0.4, -0.2) is 22.9 Å². The normalized spacial score (nSPS) is 10.2. The maximum Gasteiger partial charge on any atom is 0.161 e. The summed E-state index contributed by atoms with van der Waals surface area (Å²) < 4.78 is 12.9. The molecule has 0 radical (unpaired) electrons. The van der Waals surface area contributed by atoms with Gasteiger partial charge in [0.1, 0.15) is 18.7 Å². The molecule has 0 amide bonds. The molecule has 5 heteroatoms. The highest BCUT2D eigenvalue weighted by atomic mass is 16.5. The van der Waals surface area contributed by atoms with Crippen LogP contribution in [0.4, 0.5) is 0 Å². The Labute approximate surface area is 111 Å². The number of hydrogen-bond donors (Lipinski definition) is 0. The van der Waals surface area contributed by atoms with Crippen molar-refractivity contribution in [1.82, 2.24) is 9.55 Å². The van der Waals surface area contributed by atoms with Crippen molar-refractivity contribution in [1.29, 1.82) is 0 Å². The van der Waals surface area contributed by atoms with Gasteiger partial charge in [-0.25, -0.2) is 4.98 Å². The van der Waals surface area contributed by atoms with Crippen LogP contribution in [-0.2, 0) is 13.2 Å². The maximum absolute atomic E-state index is 10.7. The number of aryl methyl sites for hydroxylation is 1. The van der Waals surface area contributed by atoms with E-state index < -0.39 is 0 Å². The van der Waals surface area contributed by atoms with Crippen LogP contribution in [0.1, 0.15) is 23.1 Å². The van der Waals surface area contributed by atoms with Crippen LogP contribution in [0.5, 0.6) is 11.5 Å². The van der Waals surface area contributed by atoms with E-state index >= 15 is 0 Å². The molecule has 0 fully saturated rings. The summed E-state index contributed by atoms with van der Waals surface area (Å²) in [4.78, 5) is 14.9. The summed E-state index contributed by atoms with van der Waals surface area (Å²) >= 11 is 0. The van der Waals surface area contributed by atoms with E-state index in [0.717, 1.165) is 18.7 Å². The Morgan fingerprint density at radius 3 is 2.89 bits per heavy atom. The van der Waals surface area contributed by atoms with E-state index in [1.54, 1.807) is 31.5 Å². The Bertz CT molecular complexity index is 564. The molecule has 0 aliphatic rings. The second kappa shape index (κ2) is 6.04. The van der Waals surface area contributed by atoms with E-state index in [-0.39, 0.29) is 0 Å². The van der Waals surface area contributed by atoms with Crippen LogP contribution in [0.15, 0.2) is 30.6 Å². The third kappa shape index (κ3) is 2.93. The zero-order valence-corrected chi connectivity index (χ0v) is 11.0. The molecule has 1 heterocycles. The van der Waals surface area contributed by atoms with Gasteiger partial charge >= 0.3 is 0 Å². The standard InChI is InChI=1S/C14H16N2O3/c1-3-16-7-6-15-14(16)10-19-12-5-4-11(9-17)8-13(12)18-2/h4-9H,3,10H2,1-2H3. The summed E-state index contributed by atoms with van der Waals surface area (Å²) in [6.07, 6.45) is 4.43. The number of carbonyl (C=O) groups is 1. The average molecular weight is 260 g/mol. The molecule has 0 aliphatic heterocycles. The van der Waals surface area contributed by atoms with E-state index in [0.29, 0.717) is 23.7 Å². The van der Waals surface area contributed by atoms with Gasteiger partial charge in [0.25, 0.3) is 0 Å². The molecule has 0 spiro atoms. The summed E-state index contributed by atoms with van der Waals surface area (Å²) in [7, 11) is 1.55. The second-order valence-electron chi connectivity index (χ2n) is 3.95. The Kier molecular flexibility index (Phi) is 4.18. The number of benzene rings is 1. The lowest BCUT2D eigenvalue weighted by atomic mass is 10.2. The fourth-order valence-electron chi connectivity index (χ4n) is 1.79. The summed E-state index contributed by atoms with van der Waals surface area (Å²) in [6, 6.07) is 5.06. The summed E-state index contributed by atoms with van der Waals surface area (Å²) in [5, 5.41) is 0. The van der Waals surface area contributed by atoms with Crippen LogP contribution >= 0.6 is 0 Å². The predicted molar refractivity (Wildman–Crippen MR) is 70.6 cm³/mol. The Morgan fingerprint density at radius 2 is 2.21 bits per heavy atom. The van der Waals surface area contributed by atoms with Gasteiger partial charge in [-0.15, -0.1) is 0 Å². The topological polar surface area (TPSA) is 53.4 Å². The van der Waals surface area contributed by atoms with Gasteiger partial charge in [0.05, 0.1) is 7.11 Å². The Morgan fingerprint density at radius 1 is 1.37 bits per heavy atom. The number of nitrogens with zero attached hydrogens (tertiary/aromatic N) is 2. The fraction of sp³-hybridized carbons (Fsp3) is 0.286. The van der Waals surface area contributed by atoms with Crippen LogP contribution in [0.3, 0.4) is 0 Å². The van der Waals surface area contributed by atoms with Crippen molar-refractivity contribution in [2.75, 3.05) is 7.11 Å². The van der Waals surface area contributed by atoms with E-state index in [9.17, 15) is 4.79 Å². The molecule has 19 heavy (non-hydrogen) atoms. The van der Waals surface area contributed by atoms with Crippen molar-refractivity contribution in [3.8, 4) is 11.5 Å². The van der Waals surface area contributed by atoms with Crippen LogP contribution in [0.25, 0.3) is 0 Å². The fourth-order valence-corrected chi connectivity index (χ4v) is 1.79. The van der Waals surface area contributed by atoms with Crippen LogP contribution < -0.4 is 9.47 Å². The molecule has 2 rings (SSSR count). The van der Waals surface area contributed by atoms with Crippen molar-refractivity contribution in [3.05, 3.63) is 42.0 Å². The average Bonchev–Trinajstić information content (AvgIpc) is 2.92. The molecule has 1 aromatic heterocycles. The molecular weight excluding hydrogens is 244 g/mol. The molecule has 0 aliphatic carbocycles. The van der Waals surface area contributed by atoms with E-state index in [4.69, 9.17) is 9.47 Å². The minimum atomic E-state index is 0.359. The number of rotatable bonds is 6. The minimum absolute atomic E-state index is 0.359. The molecule has 1 aromatic carbocycles. The number of aromatic nitrogens is 2. The number of aldehydes is 1. The maximum atomic E-state index is 10.7. The van der Waals surface area contributed by atoms with E-state index in [1.807, 2.05) is 17.7 Å². The van der Waals surface area contributed by atoms with Crippen LogP contribution in [0, 0.1) is 0 Å². The summed E-state index contributed by atoms with van der Waals surface area (Å²) in [6.45, 7) is 3.25. The number of imidazole rings is 1. The molecule has 0 unspecified atom stereocenters. The molecule has 0 saturated carbocycles. The van der Waals surface area contributed by atoms with Gasteiger partial charge in [-0.05, 0) is 25.1 Å². The Balaban J connectivity index is 2.13. The Hall–Kier alpha value is -2.30. The number of ether oxygens (including phenoxy) is 2. The third-order valence-corrected chi connectivity index (χ3v) is 2.82. The summed E-state index contributed by atoms with van der Waals surface area (Å²) in [5.41, 5.74) is 0.555. The molecule has 0 bridgehead atoms. The lowest BCUT2D eigenvalue weighted by Crippen LogP contribution is -2.06. The van der Waals surface area contributed by atoms with Gasteiger partial charge in [-0.1, -0.05) is 0 Å². The van der Waals surface area contributed by atoms with E-state index in [1.165, 1.54) is 0 Å². The van der Waals surface area contributed by atoms with Crippen molar-refractivity contribution in [3.63, 3.8) is 0 Å². The smallest absolute Gasteiger partial charge is 0.161 e. The lowest BCUT2D eigenvalue weighted by molar-refractivity contribution is 0.112. The van der Waals surface area contributed by atoms with Gasteiger partial charge in [0.2, 0.25) is 0 Å². The van der Waals surface area contributed by atoms with Crippen molar-refractivity contribution >= 4 is 6.29 Å². The van der Waals surface area contributed by atoms with E-state index in [2.05, 4.69) is 4.98 Å². The molecule has 2 aromatic rings. The first-order valence-corrected chi connectivity index (χ1v) is 6.04. The van der Waals surface area contributed by atoms with Crippen molar-refractivity contribution < 1.29 is 14.3 Å². The van der Waals surface area contributed by atoms with Gasteiger partial charge in [0.15, 0.2) is 11.5 Å². The first-order chi connectivity index (χ1) is 9.28. The van der Waals surface area contributed by atoms with Gasteiger partial charge in [-0.2, -0.15) is 0 Å². The van der Waals surface area contributed by atoms with Gasteiger partial charge < -0.3 is 14.0 Å². The zero-order valence-electron chi connectivity index (χ0n) is 11.0. The quantitative estimate of drug-likeness (QED) is 0.748. The highest BCUT2D eigenvalue weighted by molar-refractivity contribution is 5.76. The monoisotopic (exact) mass is 260 g/mol. The highest BCUT2D eigenvalue weighted by Gasteiger charge is 2.08.